The number of fused-ring (bicyclic) bond motifs is 2. The van der Waals surface area contributed by atoms with E-state index >= 15 is 0 Å². The normalized spacial score (nSPS) is 17.7. The van der Waals surface area contributed by atoms with Crippen LogP contribution >= 0.6 is 0 Å². The van der Waals surface area contributed by atoms with Gasteiger partial charge < -0.3 is 29.7 Å². The molecule has 0 aliphatic carbocycles. The van der Waals surface area contributed by atoms with Gasteiger partial charge in [0.2, 0.25) is 0 Å². The number of aliphatic hydroxyl groups excluding tert-OH is 3. The van der Waals surface area contributed by atoms with Crippen LogP contribution in [0.1, 0.15) is 5.56 Å². The van der Waals surface area contributed by atoms with Crippen molar-refractivity contribution in [2.75, 3.05) is 44.7 Å². The second kappa shape index (κ2) is 9.63. The number of aryl methyl sites for hydroxylation is 1. The lowest BCUT2D eigenvalue weighted by molar-refractivity contribution is -0.0252. The summed E-state index contributed by atoms with van der Waals surface area (Å²) in [4.78, 5) is 39.6. The third kappa shape index (κ3) is 4.47. The highest BCUT2D eigenvalue weighted by molar-refractivity contribution is 5.84. The van der Waals surface area contributed by atoms with Gasteiger partial charge in [0.25, 0.3) is 5.56 Å². The maximum absolute atomic E-state index is 12.5. The Morgan fingerprint density at radius 1 is 1.18 bits per heavy atom. The van der Waals surface area contributed by atoms with E-state index in [-0.39, 0.29) is 24.7 Å². The van der Waals surface area contributed by atoms with Crippen LogP contribution in [0.5, 0.6) is 0 Å². The molecule has 0 amide bonds. The van der Waals surface area contributed by atoms with Gasteiger partial charge in [-0.2, -0.15) is 4.98 Å². The molecule has 0 saturated carbocycles. The molecule has 3 unspecified atom stereocenters. The average Bonchev–Trinajstić information content (AvgIpc) is 2.80. The predicted molar refractivity (Wildman–Crippen MR) is 128 cm³/mol. The number of hydrogen-bond acceptors (Lipinski definition) is 9. The van der Waals surface area contributed by atoms with Gasteiger partial charge >= 0.3 is 5.69 Å². The van der Waals surface area contributed by atoms with Crippen LogP contribution in [0, 0.1) is 12.8 Å². The number of rotatable bonds is 7. The molecule has 3 aliphatic rings. The summed E-state index contributed by atoms with van der Waals surface area (Å²) < 4.78 is 1.54. The fourth-order valence-electron chi connectivity index (χ4n) is 4.41. The van der Waals surface area contributed by atoms with Crippen LogP contribution in [0.2, 0.25) is 0 Å². The van der Waals surface area contributed by atoms with Crippen LogP contribution in [0.15, 0.2) is 34.4 Å². The van der Waals surface area contributed by atoms with E-state index in [0.717, 1.165) is 37.4 Å². The summed E-state index contributed by atoms with van der Waals surface area (Å²) in [6.07, 6.45) is -1.28. The number of aliphatic hydroxyl groups is 3. The van der Waals surface area contributed by atoms with Crippen molar-refractivity contribution in [2.45, 2.75) is 25.7 Å². The zero-order chi connectivity index (χ0) is 24.6. The summed E-state index contributed by atoms with van der Waals surface area (Å²) in [7, 11) is 2.08. The SMILES string of the molecule is C=CC(CO)C(O)C(O)Cn1c2nc(=O)[nH]c(=O)c-2nc2cc(C)c(N3CCN(C)CC3)cc21. The molecular weight excluding hydrogens is 440 g/mol. The third-order valence-electron chi connectivity index (χ3n) is 6.49. The Balaban J connectivity index is 1.90. The largest absolute Gasteiger partial charge is 0.396 e. The molecular formula is C23H30N6O5. The second-order valence-corrected chi connectivity index (χ2v) is 8.82. The zero-order valence-corrected chi connectivity index (χ0v) is 19.3. The molecule has 0 aromatic heterocycles. The second-order valence-electron chi connectivity index (χ2n) is 8.82. The topological polar surface area (TPSA) is 148 Å². The minimum atomic E-state index is -1.33. The van der Waals surface area contributed by atoms with Gasteiger partial charge in [0.15, 0.2) is 11.5 Å². The van der Waals surface area contributed by atoms with Gasteiger partial charge in [-0.1, -0.05) is 6.08 Å². The lowest BCUT2D eigenvalue weighted by Gasteiger charge is -2.35. The van der Waals surface area contributed by atoms with Crippen molar-refractivity contribution in [1.82, 2.24) is 24.4 Å². The summed E-state index contributed by atoms with van der Waals surface area (Å²) in [6, 6.07) is 3.79. The number of H-pyrrole nitrogens is 1. The number of nitrogens with one attached hydrogen (secondary N) is 1. The molecule has 3 aliphatic heterocycles. The molecule has 11 nitrogen and oxygen atoms in total. The van der Waals surface area contributed by atoms with Gasteiger partial charge in [0.1, 0.15) is 0 Å². The maximum atomic E-state index is 12.5. The van der Waals surface area contributed by atoms with Gasteiger partial charge in [0, 0.05) is 37.8 Å². The quantitative estimate of drug-likeness (QED) is 0.256. The van der Waals surface area contributed by atoms with E-state index < -0.39 is 29.4 Å². The van der Waals surface area contributed by atoms with Gasteiger partial charge in [-0.15, -0.1) is 6.58 Å². The van der Waals surface area contributed by atoms with Crippen LogP contribution in [0.25, 0.3) is 22.6 Å². The Hall–Kier alpha value is -3.12. The van der Waals surface area contributed by atoms with Crippen LogP contribution in [-0.2, 0) is 6.54 Å². The Kier molecular flexibility index (Phi) is 6.80. The van der Waals surface area contributed by atoms with E-state index in [1.165, 1.54) is 6.08 Å². The monoisotopic (exact) mass is 470 g/mol. The number of benzene rings is 1. The van der Waals surface area contributed by atoms with E-state index in [4.69, 9.17) is 0 Å². The highest BCUT2D eigenvalue weighted by atomic mass is 16.3. The van der Waals surface area contributed by atoms with E-state index in [2.05, 4.69) is 38.4 Å². The molecule has 1 aromatic rings. The van der Waals surface area contributed by atoms with Gasteiger partial charge in [0.05, 0.1) is 36.4 Å². The van der Waals surface area contributed by atoms with Gasteiger partial charge in [-0.3, -0.25) is 9.78 Å². The summed E-state index contributed by atoms with van der Waals surface area (Å²) in [5, 5.41) is 30.8. The predicted octanol–water partition coefficient (Wildman–Crippen LogP) is -0.839. The number of anilines is 1. The fourth-order valence-corrected chi connectivity index (χ4v) is 4.41. The molecule has 11 heteroatoms. The van der Waals surface area contributed by atoms with Crippen LogP contribution < -0.4 is 16.1 Å². The van der Waals surface area contributed by atoms with E-state index in [9.17, 15) is 24.9 Å². The van der Waals surface area contributed by atoms with Crippen molar-refractivity contribution in [3.05, 3.63) is 51.2 Å². The molecule has 0 bridgehead atoms. The maximum Gasteiger partial charge on any atom is 0.349 e. The summed E-state index contributed by atoms with van der Waals surface area (Å²) in [5.74, 6) is -0.732. The molecule has 4 N–H and O–H groups in total. The lowest BCUT2D eigenvalue weighted by Crippen LogP contribution is -2.44. The summed E-state index contributed by atoms with van der Waals surface area (Å²) in [5.41, 5.74) is 1.48. The molecule has 34 heavy (non-hydrogen) atoms. The van der Waals surface area contributed by atoms with Crippen molar-refractivity contribution >= 4 is 16.7 Å². The van der Waals surface area contributed by atoms with Crippen molar-refractivity contribution in [3.63, 3.8) is 0 Å². The molecule has 4 rings (SSSR count). The molecule has 0 spiro atoms. The minimum absolute atomic E-state index is 0.0137. The number of hydrogen-bond donors (Lipinski definition) is 4. The Labute approximate surface area is 196 Å². The summed E-state index contributed by atoms with van der Waals surface area (Å²) in [6.45, 7) is 8.50. The lowest BCUT2D eigenvalue weighted by atomic mass is 9.98. The molecule has 3 heterocycles. The summed E-state index contributed by atoms with van der Waals surface area (Å²) >= 11 is 0. The van der Waals surface area contributed by atoms with Crippen molar-refractivity contribution in [3.8, 4) is 11.5 Å². The van der Waals surface area contributed by atoms with Crippen LogP contribution in [0.3, 0.4) is 0 Å². The van der Waals surface area contributed by atoms with E-state index in [0.29, 0.717) is 11.0 Å². The first-order chi connectivity index (χ1) is 16.2. The van der Waals surface area contributed by atoms with Crippen LogP contribution in [0.4, 0.5) is 5.69 Å². The van der Waals surface area contributed by atoms with Gasteiger partial charge in [-0.25, -0.2) is 9.78 Å². The van der Waals surface area contributed by atoms with E-state index in [1.54, 1.807) is 4.57 Å². The van der Waals surface area contributed by atoms with E-state index in [1.807, 2.05) is 19.1 Å². The van der Waals surface area contributed by atoms with Crippen molar-refractivity contribution in [1.29, 1.82) is 0 Å². The van der Waals surface area contributed by atoms with Gasteiger partial charge in [-0.05, 0) is 31.7 Å². The first kappa shape index (κ1) is 24.0. The molecule has 3 atom stereocenters. The standard InChI is InChI=1S/C23H30N6O5/c1-4-14(12-30)20(32)18(31)11-29-17-10-16(28-7-5-27(3)6-8-28)13(2)9-15(17)24-19-21(29)25-23(34)26-22(19)33/h4,9-10,14,18,20,30-32H,1,5-8,11-12H2,2-3H3,(H,26,33,34). The smallest absolute Gasteiger partial charge is 0.349 e. The molecule has 1 aromatic carbocycles. The zero-order valence-electron chi connectivity index (χ0n) is 19.3. The van der Waals surface area contributed by atoms with Crippen LogP contribution in [-0.4, -0.2) is 91.8 Å². The number of likely N-dealkylation sites (N-methyl/N-ethyl adjacent to an activating group) is 1. The number of nitrogens with zero attached hydrogens (tertiary/aromatic N) is 5. The fraction of sp³-hybridized carbons (Fsp3) is 0.478. The minimum Gasteiger partial charge on any atom is -0.396 e. The Bertz CT molecular complexity index is 1280. The number of aromatic nitrogens is 4. The Morgan fingerprint density at radius 3 is 2.53 bits per heavy atom. The van der Waals surface area contributed by atoms with Crippen molar-refractivity contribution in [2.24, 2.45) is 5.92 Å². The first-order valence-electron chi connectivity index (χ1n) is 11.2. The van der Waals surface area contributed by atoms with Crippen molar-refractivity contribution < 1.29 is 15.3 Å². The first-order valence-corrected chi connectivity index (χ1v) is 11.2. The molecule has 1 saturated heterocycles. The molecule has 0 radical (unpaired) electrons. The molecule has 182 valence electrons. The highest BCUT2D eigenvalue weighted by Gasteiger charge is 2.28. The third-order valence-corrected chi connectivity index (χ3v) is 6.49. The molecule has 1 fully saturated rings. The average molecular weight is 471 g/mol. The highest BCUT2D eigenvalue weighted by Crippen LogP contribution is 2.30. The number of piperazine rings is 1. The number of aromatic amines is 1. The Morgan fingerprint density at radius 2 is 1.88 bits per heavy atom.